The Kier molecular flexibility index (Phi) is 7.33. The summed E-state index contributed by atoms with van der Waals surface area (Å²) in [6.07, 6.45) is 5.17. The largest absolute Gasteiger partial charge is 0.352 e. The van der Waals surface area contributed by atoms with Gasteiger partial charge in [0.1, 0.15) is 0 Å². The Labute approximate surface area is 119 Å². The van der Waals surface area contributed by atoms with Crippen LogP contribution in [-0.4, -0.2) is 32.1 Å². The lowest BCUT2D eigenvalue weighted by molar-refractivity contribution is -0.134. The SMILES string of the molecule is CCOC(CNC1CCC(C(C)(C)C)CC1)OCC. The second kappa shape index (κ2) is 8.23. The van der Waals surface area contributed by atoms with Crippen LogP contribution < -0.4 is 5.32 Å². The molecule has 1 fully saturated rings. The highest BCUT2D eigenvalue weighted by Gasteiger charge is 2.29. The maximum atomic E-state index is 5.56. The molecule has 1 aliphatic carbocycles. The monoisotopic (exact) mass is 271 g/mol. The van der Waals surface area contributed by atoms with Gasteiger partial charge in [0.05, 0.1) is 0 Å². The van der Waals surface area contributed by atoms with Crippen LogP contribution in [0.5, 0.6) is 0 Å². The van der Waals surface area contributed by atoms with Gasteiger partial charge in [-0.25, -0.2) is 0 Å². The Balaban J connectivity index is 2.25. The lowest BCUT2D eigenvalue weighted by Gasteiger charge is -2.37. The molecule has 0 spiro atoms. The summed E-state index contributed by atoms with van der Waals surface area (Å²) in [5.41, 5.74) is 0.462. The molecule has 0 aromatic carbocycles. The van der Waals surface area contributed by atoms with Gasteiger partial charge in [-0.3, -0.25) is 0 Å². The molecule has 0 aromatic heterocycles. The van der Waals surface area contributed by atoms with Gasteiger partial charge in [-0.2, -0.15) is 0 Å². The van der Waals surface area contributed by atoms with E-state index >= 15 is 0 Å². The molecule has 1 saturated carbocycles. The van der Waals surface area contributed by atoms with Crippen molar-refractivity contribution in [2.75, 3.05) is 19.8 Å². The first-order valence-electron chi connectivity index (χ1n) is 7.94. The van der Waals surface area contributed by atoms with Crippen LogP contribution in [0.3, 0.4) is 0 Å². The van der Waals surface area contributed by atoms with Crippen LogP contribution in [0.1, 0.15) is 60.3 Å². The molecule has 1 rings (SSSR count). The predicted molar refractivity (Wildman–Crippen MR) is 80.2 cm³/mol. The van der Waals surface area contributed by atoms with Crippen LogP contribution in [0.4, 0.5) is 0 Å². The predicted octanol–water partition coefficient (Wildman–Crippen LogP) is 3.58. The molecule has 3 heteroatoms. The van der Waals surface area contributed by atoms with Crippen molar-refractivity contribution in [3.8, 4) is 0 Å². The lowest BCUT2D eigenvalue weighted by Crippen LogP contribution is -2.41. The Morgan fingerprint density at radius 3 is 1.95 bits per heavy atom. The van der Waals surface area contributed by atoms with Gasteiger partial charge in [-0.1, -0.05) is 20.8 Å². The van der Waals surface area contributed by atoms with Crippen molar-refractivity contribution in [2.24, 2.45) is 11.3 Å². The second-order valence-electron chi connectivity index (χ2n) is 6.66. The Morgan fingerprint density at radius 2 is 1.53 bits per heavy atom. The zero-order valence-corrected chi connectivity index (χ0v) is 13.5. The third-order valence-electron chi connectivity index (χ3n) is 4.23. The molecular weight excluding hydrogens is 238 g/mol. The number of hydrogen-bond donors (Lipinski definition) is 1. The fourth-order valence-electron chi connectivity index (χ4n) is 2.96. The standard InChI is InChI=1S/C16H33NO2/c1-6-18-15(19-7-2)12-17-14-10-8-13(9-11-14)16(3,4)5/h13-15,17H,6-12H2,1-5H3. The molecule has 3 nitrogen and oxygen atoms in total. The van der Waals surface area contributed by atoms with Crippen molar-refractivity contribution in [3.05, 3.63) is 0 Å². The van der Waals surface area contributed by atoms with E-state index in [1.807, 2.05) is 13.8 Å². The summed E-state index contributed by atoms with van der Waals surface area (Å²) in [5.74, 6) is 0.875. The van der Waals surface area contributed by atoms with E-state index < -0.39 is 0 Å². The highest BCUT2D eigenvalue weighted by atomic mass is 16.7. The molecule has 1 N–H and O–H groups in total. The summed E-state index contributed by atoms with van der Waals surface area (Å²) in [6, 6.07) is 0.641. The van der Waals surface area contributed by atoms with Crippen LogP contribution in [0.15, 0.2) is 0 Å². The second-order valence-corrected chi connectivity index (χ2v) is 6.66. The molecule has 0 amide bonds. The van der Waals surface area contributed by atoms with Gasteiger partial charge in [0.15, 0.2) is 6.29 Å². The molecule has 0 saturated heterocycles. The molecule has 0 radical (unpaired) electrons. The van der Waals surface area contributed by atoms with Crippen molar-refractivity contribution in [1.82, 2.24) is 5.32 Å². The molecule has 114 valence electrons. The van der Waals surface area contributed by atoms with Crippen LogP contribution >= 0.6 is 0 Å². The Hall–Kier alpha value is -0.120. The van der Waals surface area contributed by atoms with E-state index in [1.54, 1.807) is 0 Å². The minimum absolute atomic E-state index is 0.0876. The Morgan fingerprint density at radius 1 is 1.00 bits per heavy atom. The maximum Gasteiger partial charge on any atom is 0.169 e. The number of rotatable bonds is 7. The number of nitrogens with one attached hydrogen (secondary N) is 1. The van der Waals surface area contributed by atoms with E-state index in [-0.39, 0.29) is 6.29 Å². The van der Waals surface area contributed by atoms with Gasteiger partial charge >= 0.3 is 0 Å². The van der Waals surface area contributed by atoms with Crippen molar-refractivity contribution < 1.29 is 9.47 Å². The first-order chi connectivity index (χ1) is 8.97. The van der Waals surface area contributed by atoms with Crippen molar-refractivity contribution in [1.29, 1.82) is 0 Å². The molecule has 0 aromatic rings. The highest BCUT2D eigenvalue weighted by Crippen LogP contribution is 2.37. The number of hydrogen-bond acceptors (Lipinski definition) is 3. The topological polar surface area (TPSA) is 30.5 Å². The molecule has 0 heterocycles. The summed E-state index contributed by atoms with van der Waals surface area (Å²) in [7, 11) is 0. The normalized spacial score (nSPS) is 24.9. The average molecular weight is 271 g/mol. The van der Waals surface area contributed by atoms with Crippen LogP contribution in [-0.2, 0) is 9.47 Å². The number of ether oxygens (including phenoxy) is 2. The van der Waals surface area contributed by atoms with Crippen LogP contribution in [0.2, 0.25) is 0 Å². The van der Waals surface area contributed by atoms with E-state index in [4.69, 9.17) is 9.47 Å². The quantitative estimate of drug-likeness (QED) is 0.718. The third kappa shape index (κ3) is 6.24. The van der Waals surface area contributed by atoms with Gasteiger partial charge < -0.3 is 14.8 Å². The minimum atomic E-state index is -0.0876. The van der Waals surface area contributed by atoms with E-state index in [0.717, 1.165) is 12.5 Å². The van der Waals surface area contributed by atoms with Crippen molar-refractivity contribution in [3.63, 3.8) is 0 Å². The summed E-state index contributed by atoms with van der Waals surface area (Å²) >= 11 is 0. The zero-order valence-electron chi connectivity index (χ0n) is 13.5. The highest BCUT2D eigenvalue weighted by molar-refractivity contribution is 4.83. The van der Waals surface area contributed by atoms with Crippen molar-refractivity contribution >= 4 is 0 Å². The first-order valence-corrected chi connectivity index (χ1v) is 7.94. The summed E-state index contributed by atoms with van der Waals surface area (Å²) < 4.78 is 11.1. The summed E-state index contributed by atoms with van der Waals surface area (Å²) in [6.45, 7) is 13.4. The molecule has 0 unspecified atom stereocenters. The first kappa shape index (κ1) is 16.9. The Bertz CT molecular complexity index is 223. The third-order valence-corrected chi connectivity index (χ3v) is 4.23. The molecule has 19 heavy (non-hydrogen) atoms. The van der Waals surface area contributed by atoms with Crippen LogP contribution in [0, 0.1) is 11.3 Å². The van der Waals surface area contributed by atoms with Gasteiger partial charge in [-0.15, -0.1) is 0 Å². The average Bonchev–Trinajstić information content (AvgIpc) is 2.36. The van der Waals surface area contributed by atoms with Gasteiger partial charge in [-0.05, 0) is 50.9 Å². The van der Waals surface area contributed by atoms with Crippen molar-refractivity contribution in [2.45, 2.75) is 72.6 Å². The van der Waals surface area contributed by atoms with E-state index in [9.17, 15) is 0 Å². The smallest absolute Gasteiger partial charge is 0.169 e. The molecule has 0 aliphatic heterocycles. The van der Waals surface area contributed by atoms with E-state index in [0.29, 0.717) is 24.7 Å². The minimum Gasteiger partial charge on any atom is -0.352 e. The molecule has 0 bridgehead atoms. The summed E-state index contributed by atoms with van der Waals surface area (Å²) in [5, 5.41) is 3.61. The van der Waals surface area contributed by atoms with E-state index in [2.05, 4.69) is 26.1 Å². The van der Waals surface area contributed by atoms with Gasteiger partial charge in [0.25, 0.3) is 0 Å². The maximum absolute atomic E-state index is 5.56. The molecule has 1 aliphatic rings. The molecule has 0 atom stereocenters. The van der Waals surface area contributed by atoms with E-state index in [1.165, 1.54) is 25.7 Å². The fourth-order valence-corrected chi connectivity index (χ4v) is 2.96. The molecular formula is C16H33NO2. The summed E-state index contributed by atoms with van der Waals surface area (Å²) in [4.78, 5) is 0. The van der Waals surface area contributed by atoms with Crippen LogP contribution in [0.25, 0.3) is 0 Å². The van der Waals surface area contributed by atoms with Gasteiger partial charge in [0.2, 0.25) is 0 Å². The fraction of sp³-hybridized carbons (Fsp3) is 1.00. The lowest BCUT2D eigenvalue weighted by atomic mass is 9.71. The van der Waals surface area contributed by atoms with Gasteiger partial charge in [0, 0.05) is 25.8 Å². The zero-order chi connectivity index (χ0) is 14.3.